The highest BCUT2D eigenvalue weighted by Gasteiger charge is 2.32. The molecule has 3 aromatic rings. The number of benzene rings is 2. The van der Waals surface area contributed by atoms with Gasteiger partial charge in [-0.3, -0.25) is 0 Å². The zero-order valence-corrected chi connectivity index (χ0v) is 20.8. The summed E-state index contributed by atoms with van der Waals surface area (Å²) in [7, 11) is -3.60. The molecule has 0 radical (unpaired) electrons. The van der Waals surface area contributed by atoms with E-state index >= 15 is 0 Å². The van der Waals surface area contributed by atoms with E-state index in [0.29, 0.717) is 43.1 Å². The molecule has 2 aromatic carbocycles. The van der Waals surface area contributed by atoms with Crippen molar-refractivity contribution in [2.75, 3.05) is 31.1 Å². The van der Waals surface area contributed by atoms with Crippen LogP contribution in [0.4, 0.5) is 13.9 Å². The molecule has 0 atom stereocenters. The van der Waals surface area contributed by atoms with Gasteiger partial charge in [-0.1, -0.05) is 6.07 Å². The van der Waals surface area contributed by atoms with E-state index in [1.165, 1.54) is 23.5 Å². The van der Waals surface area contributed by atoms with Crippen LogP contribution in [0.3, 0.4) is 0 Å². The van der Waals surface area contributed by atoms with Gasteiger partial charge in [-0.2, -0.15) is 4.31 Å². The van der Waals surface area contributed by atoms with Crippen molar-refractivity contribution in [3.8, 4) is 0 Å². The third-order valence-electron chi connectivity index (χ3n) is 6.25. The summed E-state index contributed by atoms with van der Waals surface area (Å²) in [5, 5.41) is 2.67. The van der Waals surface area contributed by atoms with Crippen LogP contribution in [-0.4, -0.2) is 43.9 Å². The van der Waals surface area contributed by atoms with Gasteiger partial charge in [0.1, 0.15) is 11.6 Å². The van der Waals surface area contributed by atoms with E-state index in [4.69, 9.17) is 0 Å². The molecule has 1 aliphatic heterocycles. The molecule has 1 aromatic heterocycles. The third kappa shape index (κ3) is 4.81. The van der Waals surface area contributed by atoms with Crippen molar-refractivity contribution >= 4 is 26.5 Å². The van der Waals surface area contributed by atoms with Crippen molar-refractivity contribution in [2.45, 2.75) is 39.0 Å². The van der Waals surface area contributed by atoms with E-state index in [0.717, 1.165) is 39.1 Å². The summed E-state index contributed by atoms with van der Waals surface area (Å²) in [5.74, 6) is -1.21. The first-order chi connectivity index (χ1) is 15.6. The van der Waals surface area contributed by atoms with Crippen LogP contribution in [0, 0.1) is 39.3 Å². The van der Waals surface area contributed by atoms with Crippen LogP contribution >= 0.6 is 11.3 Å². The standard InChI is InChI=1S/C24H27F2N3O2S2/c1-15-9-16(2)18(4)23(17(15)3)33(30,31)29-7-5-28(6-8-29)24-27-22(14-32-24)12-19-10-20(25)13-21(26)11-19/h9-11,13-14H,5-8,12H2,1-4H3. The van der Waals surface area contributed by atoms with Gasteiger partial charge in [0, 0.05) is 44.0 Å². The van der Waals surface area contributed by atoms with Crippen LogP contribution in [-0.2, 0) is 16.4 Å². The largest absolute Gasteiger partial charge is 0.345 e. The minimum Gasteiger partial charge on any atom is -0.345 e. The van der Waals surface area contributed by atoms with E-state index in [9.17, 15) is 17.2 Å². The lowest BCUT2D eigenvalue weighted by Gasteiger charge is -2.34. The molecule has 0 saturated carbocycles. The highest BCUT2D eigenvalue weighted by molar-refractivity contribution is 7.89. The SMILES string of the molecule is Cc1cc(C)c(C)c(S(=O)(=O)N2CCN(c3nc(Cc4cc(F)cc(F)c4)cs3)CC2)c1C. The maximum absolute atomic E-state index is 13.5. The van der Waals surface area contributed by atoms with Gasteiger partial charge in [-0.15, -0.1) is 11.3 Å². The van der Waals surface area contributed by atoms with Crippen LogP contribution in [0.5, 0.6) is 0 Å². The molecule has 2 heterocycles. The number of hydrogen-bond donors (Lipinski definition) is 0. The number of rotatable bonds is 5. The number of aryl methyl sites for hydroxylation is 2. The number of thiazole rings is 1. The van der Waals surface area contributed by atoms with Gasteiger partial charge >= 0.3 is 0 Å². The minimum atomic E-state index is -3.60. The molecule has 1 aliphatic rings. The summed E-state index contributed by atoms with van der Waals surface area (Å²) in [4.78, 5) is 7.10. The van der Waals surface area contributed by atoms with Gasteiger partial charge in [-0.05, 0) is 67.6 Å². The Morgan fingerprint density at radius 1 is 0.909 bits per heavy atom. The number of anilines is 1. The lowest BCUT2D eigenvalue weighted by atomic mass is 10.0. The number of piperazine rings is 1. The summed E-state index contributed by atoms with van der Waals surface area (Å²) < 4.78 is 55.4. The second kappa shape index (κ2) is 9.12. The minimum absolute atomic E-state index is 0.338. The first kappa shape index (κ1) is 23.8. The highest BCUT2D eigenvalue weighted by Crippen LogP contribution is 2.30. The van der Waals surface area contributed by atoms with Crippen LogP contribution < -0.4 is 4.90 Å². The van der Waals surface area contributed by atoms with Gasteiger partial charge in [-0.25, -0.2) is 22.2 Å². The molecule has 0 aliphatic carbocycles. The Balaban J connectivity index is 1.47. The quantitative estimate of drug-likeness (QED) is 0.517. The average molecular weight is 492 g/mol. The van der Waals surface area contributed by atoms with Crippen LogP contribution in [0.2, 0.25) is 0 Å². The second-order valence-corrected chi connectivity index (χ2v) is 11.3. The highest BCUT2D eigenvalue weighted by atomic mass is 32.2. The van der Waals surface area contributed by atoms with Gasteiger partial charge < -0.3 is 4.90 Å². The maximum atomic E-state index is 13.5. The summed E-state index contributed by atoms with van der Waals surface area (Å²) >= 11 is 1.46. The van der Waals surface area contributed by atoms with Crippen molar-refractivity contribution in [1.29, 1.82) is 0 Å². The maximum Gasteiger partial charge on any atom is 0.243 e. The molecule has 0 bridgehead atoms. The van der Waals surface area contributed by atoms with Gasteiger partial charge in [0.25, 0.3) is 0 Å². The molecule has 0 amide bonds. The molecule has 0 unspecified atom stereocenters. The Morgan fingerprint density at radius 3 is 2.06 bits per heavy atom. The van der Waals surface area contributed by atoms with Crippen molar-refractivity contribution in [3.63, 3.8) is 0 Å². The normalized spacial score (nSPS) is 15.3. The molecule has 1 saturated heterocycles. The van der Waals surface area contributed by atoms with Gasteiger partial charge in [0.05, 0.1) is 10.6 Å². The molecule has 5 nitrogen and oxygen atoms in total. The van der Waals surface area contributed by atoms with Crippen LogP contribution in [0.1, 0.15) is 33.5 Å². The van der Waals surface area contributed by atoms with Crippen LogP contribution in [0.15, 0.2) is 34.5 Å². The average Bonchev–Trinajstić information content (AvgIpc) is 3.20. The van der Waals surface area contributed by atoms with E-state index < -0.39 is 21.7 Å². The molecule has 9 heteroatoms. The van der Waals surface area contributed by atoms with E-state index in [2.05, 4.69) is 9.88 Å². The summed E-state index contributed by atoms with van der Waals surface area (Å²) in [6.45, 7) is 9.43. The number of halogens is 2. The Morgan fingerprint density at radius 2 is 1.48 bits per heavy atom. The number of hydrogen-bond acceptors (Lipinski definition) is 5. The Labute approximate surface area is 197 Å². The summed E-state index contributed by atoms with van der Waals surface area (Å²) in [5.41, 5.74) is 4.82. The smallest absolute Gasteiger partial charge is 0.243 e. The zero-order chi connectivity index (χ0) is 23.9. The number of nitrogens with zero attached hydrogens (tertiary/aromatic N) is 3. The summed E-state index contributed by atoms with van der Waals surface area (Å²) in [6.07, 6.45) is 0.338. The number of aromatic nitrogens is 1. The van der Waals surface area contributed by atoms with Gasteiger partial charge in [0.15, 0.2) is 5.13 Å². The van der Waals surface area contributed by atoms with Crippen LogP contribution in [0.25, 0.3) is 0 Å². The molecule has 4 rings (SSSR count). The molecule has 0 N–H and O–H groups in total. The first-order valence-electron chi connectivity index (χ1n) is 10.8. The monoisotopic (exact) mass is 491 g/mol. The van der Waals surface area contributed by atoms with Crippen molar-refractivity contribution < 1.29 is 17.2 Å². The molecule has 1 fully saturated rings. The fourth-order valence-corrected chi connectivity index (χ4v) is 7.14. The molecule has 0 spiro atoms. The van der Waals surface area contributed by atoms with Crippen molar-refractivity contribution in [3.05, 3.63) is 74.8 Å². The fraction of sp³-hybridized carbons (Fsp3) is 0.375. The predicted octanol–water partition coefficient (Wildman–Crippen LogP) is 4.76. The first-order valence-corrected chi connectivity index (χ1v) is 13.1. The second-order valence-electron chi connectivity index (χ2n) is 8.56. The van der Waals surface area contributed by atoms with E-state index in [-0.39, 0.29) is 0 Å². The third-order valence-corrected chi connectivity index (χ3v) is 9.37. The fourth-order valence-electron chi connectivity index (χ4n) is 4.26. The lowest BCUT2D eigenvalue weighted by Crippen LogP contribution is -2.49. The molecule has 33 heavy (non-hydrogen) atoms. The lowest BCUT2D eigenvalue weighted by molar-refractivity contribution is 0.384. The molecule has 176 valence electrons. The Hall–Kier alpha value is -2.36. The Kier molecular flexibility index (Phi) is 6.57. The van der Waals surface area contributed by atoms with Crippen molar-refractivity contribution in [1.82, 2.24) is 9.29 Å². The van der Waals surface area contributed by atoms with E-state index in [1.807, 2.05) is 39.1 Å². The molecular formula is C24H27F2N3O2S2. The van der Waals surface area contributed by atoms with Crippen molar-refractivity contribution in [2.24, 2.45) is 0 Å². The zero-order valence-electron chi connectivity index (χ0n) is 19.2. The topological polar surface area (TPSA) is 53.5 Å². The molecular weight excluding hydrogens is 464 g/mol. The predicted molar refractivity (Wildman–Crippen MR) is 128 cm³/mol. The van der Waals surface area contributed by atoms with E-state index in [1.54, 1.807) is 4.31 Å². The Bertz CT molecular complexity index is 1250. The van der Waals surface area contributed by atoms with Gasteiger partial charge in [0.2, 0.25) is 10.0 Å². The summed E-state index contributed by atoms with van der Waals surface area (Å²) in [6, 6.07) is 5.50. The number of sulfonamides is 1.